The number of hydrogen-bond donors (Lipinski definition) is 2. The van der Waals surface area contributed by atoms with Gasteiger partial charge in [-0.3, -0.25) is 0 Å². The Bertz CT molecular complexity index is 871. The Morgan fingerprint density at radius 3 is 2.79 bits per heavy atom. The van der Waals surface area contributed by atoms with Gasteiger partial charge < -0.3 is 24.7 Å². The number of rotatable bonds is 4. The van der Waals surface area contributed by atoms with E-state index in [1.165, 1.54) is 6.20 Å². The molecule has 8 heteroatoms. The van der Waals surface area contributed by atoms with E-state index >= 15 is 0 Å². The first-order valence-electron chi connectivity index (χ1n) is 9.57. The molecule has 0 radical (unpaired) electrons. The molecule has 3 heterocycles. The van der Waals surface area contributed by atoms with Crippen molar-refractivity contribution in [2.45, 2.75) is 46.3 Å². The second kappa shape index (κ2) is 7.69. The summed E-state index contributed by atoms with van der Waals surface area (Å²) in [5.74, 6) is -0.236. The van der Waals surface area contributed by atoms with Crippen LogP contribution < -0.4 is 5.32 Å². The highest BCUT2D eigenvalue weighted by molar-refractivity contribution is 6.04. The Morgan fingerprint density at radius 2 is 2.11 bits per heavy atom. The van der Waals surface area contributed by atoms with Crippen LogP contribution in [0.2, 0.25) is 0 Å². The zero-order valence-corrected chi connectivity index (χ0v) is 17.0. The van der Waals surface area contributed by atoms with Crippen LogP contribution in [0.1, 0.15) is 45.0 Å². The maximum Gasteiger partial charge on any atom is 0.410 e. The second-order valence-corrected chi connectivity index (χ2v) is 8.12. The third-order valence-electron chi connectivity index (χ3n) is 4.68. The number of carbonyl (C=O) groups excluding carboxylic acids is 2. The van der Waals surface area contributed by atoms with Gasteiger partial charge in [-0.15, -0.1) is 0 Å². The van der Waals surface area contributed by atoms with Crippen LogP contribution in [0.25, 0.3) is 11.0 Å². The van der Waals surface area contributed by atoms with Crippen molar-refractivity contribution in [2.75, 3.05) is 25.0 Å². The third kappa shape index (κ3) is 4.21. The molecule has 2 N–H and O–H groups in total. The van der Waals surface area contributed by atoms with Crippen LogP contribution in [-0.4, -0.2) is 58.3 Å². The van der Waals surface area contributed by atoms with Gasteiger partial charge in [-0.2, -0.15) is 0 Å². The fourth-order valence-corrected chi connectivity index (χ4v) is 3.34. The van der Waals surface area contributed by atoms with E-state index in [9.17, 15) is 9.59 Å². The molecule has 3 rings (SSSR count). The Morgan fingerprint density at radius 1 is 1.36 bits per heavy atom. The molecule has 0 aliphatic carbocycles. The van der Waals surface area contributed by atoms with Crippen molar-refractivity contribution in [3.05, 3.63) is 24.0 Å². The Kier molecular flexibility index (Phi) is 5.49. The molecule has 2 aromatic heterocycles. The van der Waals surface area contributed by atoms with Crippen LogP contribution in [0.3, 0.4) is 0 Å². The van der Waals surface area contributed by atoms with Gasteiger partial charge in [0.25, 0.3) is 0 Å². The predicted molar refractivity (Wildman–Crippen MR) is 106 cm³/mol. The van der Waals surface area contributed by atoms with E-state index in [2.05, 4.69) is 22.2 Å². The molecule has 2 aromatic rings. The van der Waals surface area contributed by atoms with Crippen molar-refractivity contribution >= 4 is 28.8 Å². The van der Waals surface area contributed by atoms with E-state index < -0.39 is 11.6 Å². The van der Waals surface area contributed by atoms with Gasteiger partial charge in [0.15, 0.2) is 0 Å². The minimum absolute atomic E-state index is 0.0267. The highest BCUT2D eigenvalue weighted by Crippen LogP contribution is 2.30. The molecule has 1 fully saturated rings. The molecular weight excluding hydrogens is 360 g/mol. The van der Waals surface area contributed by atoms with Crippen LogP contribution in [0.5, 0.6) is 0 Å². The van der Waals surface area contributed by atoms with Gasteiger partial charge in [0, 0.05) is 36.9 Å². The number of aromatic nitrogens is 2. The zero-order chi connectivity index (χ0) is 20.5. The summed E-state index contributed by atoms with van der Waals surface area (Å²) in [6, 6.07) is 1.85. The minimum Gasteiger partial charge on any atom is -0.462 e. The van der Waals surface area contributed by atoms with E-state index in [0.29, 0.717) is 30.0 Å². The molecule has 28 heavy (non-hydrogen) atoms. The Labute approximate surface area is 164 Å². The summed E-state index contributed by atoms with van der Waals surface area (Å²) in [7, 11) is 0. The van der Waals surface area contributed by atoms with Crippen molar-refractivity contribution < 1.29 is 19.1 Å². The molecule has 1 aliphatic heterocycles. The number of H-pyrrole nitrogens is 1. The van der Waals surface area contributed by atoms with Crippen molar-refractivity contribution in [2.24, 2.45) is 5.92 Å². The van der Waals surface area contributed by atoms with Crippen LogP contribution >= 0.6 is 0 Å². The summed E-state index contributed by atoms with van der Waals surface area (Å²) < 4.78 is 10.7. The molecule has 0 saturated carbocycles. The quantitative estimate of drug-likeness (QED) is 0.779. The Balaban J connectivity index is 1.84. The van der Waals surface area contributed by atoms with Gasteiger partial charge in [-0.1, -0.05) is 6.92 Å². The lowest BCUT2D eigenvalue weighted by Gasteiger charge is -2.24. The average Bonchev–Trinajstić information content (AvgIpc) is 3.21. The zero-order valence-electron chi connectivity index (χ0n) is 17.0. The van der Waals surface area contributed by atoms with E-state index in [4.69, 9.17) is 9.47 Å². The van der Waals surface area contributed by atoms with Gasteiger partial charge in [0.05, 0.1) is 12.3 Å². The Hall–Kier alpha value is -2.77. The summed E-state index contributed by atoms with van der Waals surface area (Å²) in [5.41, 5.74) is 1.21. The number of ether oxygens (including phenoxy) is 2. The molecular formula is C20H28N4O4. The smallest absolute Gasteiger partial charge is 0.410 e. The number of anilines is 1. The number of hydrogen-bond acceptors (Lipinski definition) is 6. The van der Waals surface area contributed by atoms with E-state index in [0.717, 1.165) is 5.39 Å². The lowest BCUT2D eigenvalue weighted by molar-refractivity contribution is 0.0288. The average molecular weight is 388 g/mol. The van der Waals surface area contributed by atoms with Crippen LogP contribution in [-0.2, 0) is 9.47 Å². The number of aromatic amines is 1. The molecule has 0 bridgehead atoms. The topological polar surface area (TPSA) is 96.5 Å². The van der Waals surface area contributed by atoms with Gasteiger partial charge >= 0.3 is 12.1 Å². The normalized spacial score (nSPS) is 19.7. The van der Waals surface area contributed by atoms with Crippen molar-refractivity contribution in [1.82, 2.24) is 14.9 Å². The molecule has 1 aliphatic rings. The highest BCUT2D eigenvalue weighted by atomic mass is 16.6. The number of fused-ring (bicyclic) bond motifs is 1. The second-order valence-electron chi connectivity index (χ2n) is 8.12. The first kappa shape index (κ1) is 20.0. The number of likely N-dealkylation sites (tertiary alicyclic amines) is 1. The summed E-state index contributed by atoms with van der Waals surface area (Å²) >= 11 is 0. The number of nitrogens with zero attached hydrogens (tertiary/aromatic N) is 2. The number of amides is 1. The molecule has 2 atom stereocenters. The first-order chi connectivity index (χ1) is 13.2. The summed E-state index contributed by atoms with van der Waals surface area (Å²) in [6.45, 7) is 10.8. The van der Waals surface area contributed by atoms with Gasteiger partial charge in [0.2, 0.25) is 0 Å². The fourth-order valence-electron chi connectivity index (χ4n) is 3.34. The van der Waals surface area contributed by atoms with Crippen molar-refractivity contribution in [3.63, 3.8) is 0 Å². The number of carbonyl (C=O) groups is 2. The van der Waals surface area contributed by atoms with Crippen LogP contribution in [0.4, 0.5) is 10.5 Å². The van der Waals surface area contributed by atoms with Crippen LogP contribution in [0, 0.1) is 5.92 Å². The molecule has 0 aromatic carbocycles. The maximum absolute atomic E-state index is 12.4. The summed E-state index contributed by atoms with van der Waals surface area (Å²) in [6.07, 6.45) is 2.98. The summed E-state index contributed by atoms with van der Waals surface area (Å²) in [5, 5.41) is 4.28. The van der Waals surface area contributed by atoms with Gasteiger partial charge in [-0.25, -0.2) is 14.6 Å². The summed E-state index contributed by atoms with van der Waals surface area (Å²) in [4.78, 5) is 33.9. The van der Waals surface area contributed by atoms with Crippen molar-refractivity contribution in [1.29, 1.82) is 0 Å². The van der Waals surface area contributed by atoms with Gasteiger partial charge in [0.1, 0.15) is 16.8 Å². The lowest BCUT2D eigenvalue weighted by atomic mass is 10.0. The molecule has 1 saturated heterocycles. The highest BCUT2D eigenvalue weighted by Gasteiger charge is 2.35. The number of nitrogens with one attached hydrogen (secondary N) is 2. The third-order valence-corrected chi connectivity index (χ3v) is 4.68. The molecule has 8 nitrogen and oxygen atoms in total. The van der Waals surface area contributed by atoms with Crippen molar-refractivity contribution in [3.8, 4) is 0 Å². The van der Waals surface area contributed by atoms with Gasteiger partial charge in [-0.05, 0) is 39.7 Å². The van der Waals surface area contributed by atoms with E-state index in [-0.39, 0.29) is 24.7 Å². The standard InChI is InChI=1S/C20H28N4O4/c1-6-27-18(25)14-9-22-17-13(7-8-21-17)16(14)23-15-11-24(10-12(15)2)19(26)28-20(3,4)5/h7-9,12,15H,6,10-11H2,1-5H3,(H2,21,22,23). The predicted octanol–water partition coefficient (Wildman–Crippen LogP) is 3.41. The maximum atomic E-state index is 12.4. The minimum atomic E-state index is -0.536. The molecule has 152 valence electrons. The van der Waals surface area contributed by atoms with E-state index in [1.807, 2.05) is 26.8 Å². The fraction of sp³-hybridized carbons (Fsp3) is 0.550. The first-order valence-corrected chi connectivity index (χ1v) is 9.57. The SMILES string of the molecule is CCOC(=O)c1cnc2[nH]ccc2c1NC1CN(C(=O)OC(C)(C)C)CC1C. The lowest BCUT2D eigenvalue weighted by Crippen LogP contribution is -2.36. The molecule has 0 spiro atoms. The van der Waals surface area contributed by atoms with Crippen LogP contribution in [0.15, 0.2) is 18.5 Å². The van der Waals surface area contributed by atoms with E-state index in [1.54, 1.807) is 18.0 Å². The monoisotopic (exact) mass is 388 g/mol. The molecule has 1 amide bonds. The number of esters is 1. The number of pyridine rings is 1. The largest absolute Gasteiger partial charge is 0.462 e. The molecule has 2 unspecified atom stereocenters.